The highest BCUT2D eigenvalue weighted by Crippen LogP contribution is 2.33. The number of halogens is 1. The fourth-order valence-electron chi connectivity index (χ4n) is 3.59. The van der Waals surface area contributed by atoms with Gasteiger partial charge in [-0.1, -0.05) is 0 Å². The molecule has 4 heterocycles. The van der Waals surface area contributed by atoms with Gasteiger partial charge in [-0.25, -0.2) is 14.4 Å². The van der Waals surface area contributed by atoms with E-state index in [9.17, 15) is 9.18 Å². The molecule has 0 bridgehead atoms. The second-order valence-electron chi connectivity index (χ2n) is 6.39. The topological polar surface area (TPSA) is 54.3 Å². The molecule has 0 radical (unpaired) electrons. The highest BCUT2D eigenvalue weighted by atomic mass is 19.1. The van der Waals surface area contributed by atoms with E-state index in [1.54, 1.807) is 23.2 Å². The molecule has 2 fully saturated rings. The minimum atomic E-state index is -0.319. The first-order valence-corrected chi connectivity index (χ1v) is 7.74. The van der Waals surface area contributed by atoms with Crippen molar-refractivity contribution in [3.05, 3.63) is 42.4 Å². The molecule has 4 rings (SSSR count). The lowest BCUT2D eigenvalue weighted by atomic mass is 10.0. The number of carbonyl (C=O) groups excluding carboxylic acids is 1. The summed E-state index contributed by atoms with van der Waals surface area (Å²) in [7, 11) is 1.86. The van der Waals surface area contributed by atoms with Crippen LogP contribution in [0.2, 0.25) is 0 Å². The molecule has 6 nitrogen and oxygen atoms in total. The van der Waals surface area contributed by atoms with Gasteiger partial charge < -0.3 is 14.4 Å². The number of hydrogen-bond donors (Lipinski definition) is 0. The molecule has 2 aliphatic rings. The average Bonchev–Trinajstić information content (AvgIpc) is 3.21. The van der Waals surface area contributed by atoms with E-state index in [-0.39, 0.29) is 11.7 Å². The first-order chi connectivity index (χ1) is 11.1. The molecular formula is C16H18FN5O. The summed E-state index contributed by atoms with van der Waals surface area (Å²) >= 11 is 0. The Kier molecular flexibility index (Phi) is 3.28. The lowest BCUT2D eigenvalue weighted by molar-refractivity contribution is 0.0777. The zero-order valence-corrected chi connectivity index (χ0v) is 12.9. The van der Waals surface area contributed by atoms with Gasteiger partial charge in [0.25, 0.3) is 5.91 Å². The largest absolute Gasteiger partial charge is 0.356 e. The molecule has 7 heteroatoms. The van der Waals surface area contributed by atoms with E-state index in [1.165, 1.54) is 12.3 Å². The molecule has 0 saturated carbocycles. The van der Waals surface area contributed by atoms with E-state index >= 15 is 0 Å². The minimum absolute atomic E-state index is 0.00598. The van der Waals surface area contributed by atoms with E-state index in [0.29, 0.717) is 17.5 Å². The molecular weight excluding hydrogens is 297 g/mol. The Hall–Kier alpha value is -2.44. The Morgan fingerprint density at radius 2 is 1.91 bits per heavy atom. The number of nitrogens with zero attached hydrogens (tertiary/aromatic N) is 5. The normalized spacial score (nSPS) is 23.4. The molecule has 2 saturated heterocycles. The summed E-state index contributed by atoms with van der Waals surface area (Å²) in [6.07, 6.45) is 4.65. The Labute approximate surface area is 133 Å². The van der Waals surface area contributed by atoms with Crippen LogP contribution in [0.4, 0.5) is 10.2 Å². The van der Waals surface area contributed by atoms with Gasteiger partial charge >= 0.3 is 0 Å². The summed E-state index contributed by atoms with van der Waals surface area (Å²) in [5, 5.41) is 0. The summed E-state index contributed by atoms with van der Waals surface area (Å²) in [6.45, 7) is 3.21. The van der Waals surface area contributed by atoms with E-state index in [1.807, 2.05) is 11.9 Å². The Morgan fingerprint density at radius 1 is 1.17 bits per heavy atom. The SMILES string of the molecule is Cn1cnc(C(=O)N2CC3CN(c4ccc(F)cn4)CC3C2)c1. The second-order valence-corrected chi connectivity index (χ2v) is 6.39. The number of hydrogen-bond acceptors (Lipinski definition) is 4. The minimum Gasteiger partial charge on any atom is -0.356 e. The van der Waals surface area contributed by atoms with Gasteiger partial charge in [-0.2, -0.15) is 0 Å². The number of likely N-dealkylation sites (tertiary alicyclic amines) is 1. The standard InChI is InChI=1S/C16H18FN5O/c1-20-9-14(19-10-20)16(23)22-7-11-5-21(6-12(11)8-22)15-3-2-13(17)4-18-15/h2-4,9-12H,5-8H2,1H3. The van der Waals surface area contributed by atoms with Crippen LogP contribution in [-0.4, -0.2) is 51.5 Å². The number of aromatic nitrogens is 3. The van der Waals surface area contributed by atoms with E-state index < -0.39 is 0 Å². The fraction of sp³-hybridized carbons (Fsp3) is 0.438. The van der Waals surface area contributed by atoms with Gasteiger partial charge in [0.05, 0.1) is 12.5 Å². The third-order valence-electron chi connectivity index (χ3n) is 4.73. The van der Waals surface area contributed by atoms with Gasteiger partial charge in [0.1, 0.15) is 17.3 Å². The van der Waals surface area contributed by atoms with Crippen LogP contribution in [0, 0.1) is 17.7 Å². The van der Waals surface area contributed by atoms with Crippen molar-refractivity contribution in [2.75, 3.05) is 31.1 Å². The zero-order valence-electron chi connectivity index (χ0n) is 12.9. The van der Waals surface area contributed by atoms with Crippen molar-refractivity contribution >= 4 is 11.7 Å². The van der Waals surface area contributed by atoms with Crippen LogP contribution in [0.25, 0.3) is 0 Å². The van der Waals surface area contributed by atoms with Gasteiger partial charge in [-0.3, -0.25) is 4.79 Å². The summed E-state index contributed by atoms with van der Waals surface area (Å²) in [4.78, 5) is 24.8. The summed E-state index contributed by atoms with van der Waals surface area (Å²) < 4.78 is 14.8. The van der Waals surface area contributed by atoms with Crippen molar-refractivity contribution in [2.45, 2.75) is 0 Å². The number of pyridine rings is 1. The molecule has 23 heavy (non-hydrogen) atoms. The molecule has 0 aliphatic carbocycles. The Bertz CT molecular complexity index is 714. The Morgan fingerprint density at radius 3 is 2.48 bits per heavy atom. The number of aryl methyl sites for hydroxylation is 1. The van der Waals surface area contributed by atoms with Crippen LogP contribution in [0.3, 0.4) is 0 Å². The second kappa shape index (κ2) is 5.33. The lowest BCUT2D eigenvalue weighted by Crippen LogP contribution is -2.33. The van der Waals surface area contributed by atoms with Crippen LogP contribution in [0.1, 0.15) is 10.5 Å². The van der Waals surface area contributed by atoms with E-state index in [4.69, 9.17) is 0 Å². The zero-order chi connectivity index (χ0) is 16.0. The van der Waals surface area contributed by atoms with Crippen molar-refractivity contribution < 1.29 is 9.18 Å². The number of imidazole rings is 1. The first-order valence-electron chi connectivity index (χ1n) is 7.74. The van der Waals surface area contributed by atoms with Crippen LogP contribution in [-0.2, 0) is 7.05 Å². The van der Waals surface area contributed by atoms with Crippen molar-refractivity contribution in [1.29, 1.82) is 0 Å². The number of carbonyl (C=O) groups is 1. The molecule has 2 unspecified atom stereocenters. The van der Waals surface area contributed by atoms with E-state index in [2.05, 4.69) is 14.9 Å². The van der Waals surface area contributed by atoms with Crippen molar-refractivity contribution in [1.82, 2.24) is 19.4 Å². The van der Waals surface area contributed by atoms with Gasteiger partial charge in [0.15, 0.2) is 0 Å². The fourth-order valence-corrected chi connectivity index (χ4v) is 3.59. The molecule has 120 valence electrons. The molecule has 2 aromatic rings. The molecule has 2 aliphatic heterocycles. The highest BCUT2D eigenvalue weighted by Gasteiger charge is 2.42. The highest BCUT2D eigenvalue weighted by molar-refractivity contribution is 5.92. The summed E-state index contributed by atoms with van der Waals surface area (Å²) in [5.41, 5.74) is 0.504. The predicted molar refractivity (Wildman–Crippen MR) is 82.5 cm³/mol. The maximum Gasteiger partial charge on any atom is 0.274 e. The molecule has 0 aromatic carbocycles. The maximum atomic E-state index is 13.0. The van der Waals surface area contributed by atoms with Gasteiger partial charge in [0.2, 0.25) is 0 Å². The molecule has 1 amide bonds. The molecule has 2 aromatic heterocycles. The molecule has 2 atom stereocenters. The number of rotatable bonds is 2. The van der Waals surface area contributed by atoms with Crippen molar-refractivity contribution in [2.24, 2.45) is 18.9 Å². The number of fused-ring (bicyclic) bond motifs is 1. The van der Waals surface area contributed by atoms with Crippen LogP contribution < -0.4 is 4.90 Å². The smallest absolute Gasteiger partial charge is 0.274 e. The first kappa shape index (κ1) is 14.2. The molecule has 0 N–H and O–H groups in total. The predicted octanol–water partition coefficient (Wildman–Crippen LogP) is 1.16. The number of anilines is 1. The quantitative estimate of drug-likeness (QED) is 0.834. The van der Waals surface area contributed by atoms with Crippen molar-refractivity contribution in [3.8, 4) is 0 Å². The van der Waals surface area contributed by atoms with Crippen molar-refractivity contribution in [3.63, 3.8) is 0 Å². The summed E-state index contributed by atoms with van der Waals surface area (Å²) in [6, 6.07) is 3.15. The average molecular weight is 315 g/mol. The third-order valence-corrected chi connectivity index (χ3v) is 4.73. The monoisotopic (exact) mass is 315 g/mol. The van der Waals surface area contributed by atoms with Crippen LogP contribution in [0.5, 0.6) is 0 Å². The third kappa shape index (κ3) is 2.56. The van der Waals surface area contributed by atoms with Gasteiger partial charge in [-0.15, -0.1) is 0 Å². The van der Waals surface area contributed by atoms with Gasteiger partial charge in [-0.05, 0) is 12.1 Å². The summed E-state index contributed by atoms with van der Waals surface area (Å²) in [5.74, 6) is 1.37. The van der Waals surface area contributed by atoms with Gasteiger partial charge in [0, 0.05) is 51.3 Å². The lowest BCUT2D eigenvalue weighted by Gasteiger charge is -2.22. The Balaban J connectivity index is 1.42. The number of amides is 1. The van der Waals surface area contributed by atoms with Crippen LogP contribution in [0.15, 0.2) is 30.9 Å². The van der Waals surface area contributed by atoms with E-state index in [0.717, 1.165) is 32.0 Å². The maximum absolute atomic E-state index is 13.0. The van der Waals surface area contributed by atoms with Crippen LogP contribution >= 0.6 is 0 Å². The molecule has 0 spiro atoms.